The topological polar surface area (TPSA) is 98.2 Å². The summed E-state index contributed by atoms with van der Waals surface area (Å²) in [5, 5.41) is 2.81. The van der Waals surface area contributed by atoms with Crippen LogP contribution in [0.3, 0.4) is 0 Å². The van der Waals surface area contributed by atoms with E-state index in [0.717, 1.165) is 0 Å². The zero-order valence-electron chi connectivity index (χ0n) is 8.86. The van der Waals surface area contributed by atoms with Gasteiger partial charge >= 0.3 is 0 Å². The molecule has 2 amide bonds. The molecule has 0 saturated heterocycles. The molecule has 0 aliphatic heterocycles. The molecular formula is C8H17N3O2S2. The van der Waals surface area contributed by atoms with E-state index in [0.29, 0.717) is 11.5 Å². The molecule has 7 heteroatoms. The average molecular weight is 251 g/mol. The highest BCUT2D eigenvalue weighted by molar-refractivity contribution is 8.76. The van der Waals surface area contributed by atoms with E-state index in [1.54, 1.807) is 14.0 Å². The minimum Gasteiger partial charge on any atom is -0.369 e. The van der Waals surface area contributed by atoms with Gasteiger partial charge in [-0.3, -0.25) is 9.59 Å². The van der Waals surface area contributed by atoms with E-state index in [1.807, 2.05) is 0 Å². The van der Waals surface area contributed by atoms with Gasteiger partial charge in [0.15, 0.2) is 0 Å². The van der Waals surface area contributed by atoms with Crippen LogP contribution in [0.2, 0.25) is 0 Å². The van der Waals surface area contributed by atoms with Crippen molar-refractivity contribution >= 4 is 33.4 Å². The molecule has 0 bridgehead atoms. The largest absolute Gasteiger partial charge is 0.369 e. The Hall–Kier alpha value is -0.400. The molecule has 0 unspecified atom stereocenters. The zero-order valence-corrected chi connectivity index (χ0v) is 10.5. The van der Waals surface area contributed by atoms with Crippen LogP contribution in [0.4, 0.5) is 0 Å². The van der Waals surface area contributed by atoms with Crippen molar-refractivity contribution in [1.82, 2.24) is 5.32 Å². The molecule has 0 radical (unpaired) electrons. The summed E-state index contributed by atoms with van der Waals surface area (Å²) in [5.74, 6) is 0.415. The summed E-state index contributed by atoms with van der Waals surface area (Å²) in [6, 6.07) is -0.327. The maximum atomic E-state index is 10.8. The fourth-order valence-electron chi connectivity index (χ4n) is 0.656. The van der Waals surface area contributed by atoms with E-state index in [9.17, 15) is 9.59 Å². The van der Waals surface area contributed by atoms with Crippen LogP contribution in [0, 0.1) is 5.92 Å². The molecule has 0 aliphatic carbocycles. The second-order valence-corrected chi connectivity index (χ2v) is 5.67. The number of hydrogen-bond donors (Lipinski definition) is 3. The van der Waals surface area contributed by atoms with Crippen LogP contribution in [-0.4, -0.2) is 36.4 Å². The fourth-order valence-corrected chi connectivity index (χ4v) is 3.28. The van der Waals surface area contributed by atoms with Crippen LogP contribution in [0.5, 0.6) is 0 Å². The molecule has 0 aliphatic rings. The Morgan fingerprint density at radius 2 is 1.73 bits per heavy atom. The summed E-state index contributed by atoms with van der Waals surface area (Å²) in [7, 11) is 4.71. The van der Waals surface area contributed by atoms with Gasteiger partial charge in [-0.05, 0) is 7.05 Å². The van der Waals surface area contributed by atoms with Crippen LogP contribution >= 0.6 is 21.6 Å². The molecule has 0 spiro atoms. The van der Waals surface area contributed by atoms with E-state index >= 15 is 0 Å². The first-order valence-electron chi connectivity index (χ1n) is 4.49. The summed E-state index contributed by atoms with van der Waals surface area (Å²) in [6.45, 7) is 1.78. The van der Waals surface area contributed by atoms with Crippen molar-refractivity contribution in [2.75, 3.05) is 18.6 Å². The lowest BCUT2D eigenvalue weighted by molar-refractivity contribution is -0.121. The minimum atomic E-state index is -0.367. The van der Waals surface area contributed by atoms with Crippen LogP contribution in [-0.2, 0) is 9.59 Å². The third-order valence-corrected chi connectivity index (χ3v) is 4.40. The normalized spacial score (nSPS) is 14.5. The highest BCUT2D eigenvalue weighted by atomic mass is 33.1. The minimum absolute atomic E-state index is 0.149. The average Bonchev–Trinajstić information content (AvgIpc) is 2.16. The third-order valence-electron chi connectivity index (χ3n) is 1.81. The Balaban J connectivity index is 3.61. The standard InChI is InChI=1S/C8H17N3O2S2/c1-5(7(9)12)3-14-15-4-6(11-2)8(10)13/h5-6,11H,3-4H2,1-2H3,(H2,9,12)(H2,10,13)/t5-,6-/m0/s1. The first-order valence-corrected chi connectivity index (χ1v) is 6.98. The molecule has 2 atom stereocenters. The van der Waals surface area contributed by atoms with Gasteiger partial charge in [0, 0.05) is 17.4 Å². The Kier molecular flexibility index (Phi) is 7.63. The number of likely N-dealkylation sites (N-methyl/N-ethyl adjacent to an activating group) is 1. The smallest absolute Gasteiger partial charge is 0.235 e. The van der Waals surface area contributed by atoms with Crippen molar-refractivity contribution < 1.29 is 9.59 Å². The molecule has 5 nitrogen and oxygen atoms in total. The highest BCUT2D eigenvalue weighted by Crippen LogP contribution is 2.24. The zero-order chi connectivity index (χ0) is 11.8. The van der Waals surface area contributed by atoms with Gasteiger partial charge in [0.05, 0.1) is 6.04 Å². The lowest BCUT2D eigenvalue weighted by Crippen LogP contribution is -2.40. The Labute approximate surface area is 97.5 Å². The number of amides is 2. The number of carbonyl (C=O) groups is 2. The number of primary amides is 2. The summed E-state index contributed by atoms with van der Waals surface area (Å²) in [4.78, 5) is 21.5. The Morgan fingerprint density at radius 1 is 1.20 bits per heavy atom. The number of hydrogen-bond acceptors (Lipinski definition) is 5. The molecule has 0 aromatic rings. The van der Waals surface area contributed by atoms with Crippen LogP contribution < -0.4 is 16.8 Å². The molecule has 15 heavy (non-hydrogen) atoms. The van der Waals surface area contributed by atoms with Gasteiger partial charge in [-0.2, -0.15) is 0 Å². The fraction of sp³-hybridized carbons (Fsp3) is 0.750. The van der Waals surface area contributed by atoms with Gasteiger partial charge in [-0.15, -0.1) is 0 Å². The maximum absolute atomic E-state index is 10.8. The molecule has 0 saturated carbocycles. The van der Waals surface area contributed by atoms with Crippen molar-refractivity contribution in [1.29, 1.82) is 0 Å². The van der Waals surface area contributed by atoms with Gasteiger partial charge in [0.2, 0.25) is 11.8 Å². The second kappa shape index (κ2) is 7.84. The Morgan fingerprint density at radius 3 is 2.13 bits per heavy atom. The van der Waals surface area contributed by atoms with E-state index in [1.165, 1.54) is 21.6 Å². The number of carbonyl (C=O) groups excluding carboxylic acids is 2. The summed E-state index contributed by atoms with van der Waals surface area (Å²) in [5.41, 5.74) is 10.2. The van der Waals surface area contributed by atoms with Crippen molar-refractivity contribution in [3.05, 3.63) is 0 Å². The van der Waals surface area contributed by atoms with Crippen molar-refractivity contribution in [3.8, 4) is 0 Å². The van der Waals surface area contributed by atoms with E-state index in [4.69, 9.17) is 11.5 Å². The number of nitrogens with two attached hydrogens (primary N) is 2. The SMILES string of the molecule is CN[C@@H](CSSC[C@H](C)C(N)=O)C(N)=O. The van der Waals surface area contributed by atoms with E-state index < -0.39 is 0 Å². The summed E-state index contributed by atoms with van der Waals surface area (Å²) < 4.78 is 0. The predicted octanol–water partition coefficient (Wildman–Crippen LogP) is -0.437. The highest BCUT2D eigenvalue weighted by Gasteiger charge is 2.13. The predicted molar refractivity (Wildman–Crippen MR) is 65.3 cm³/mol. The molecule has 0 fully saturated rings. The quantitative estimate of drug-likeness (QED) is 0.401. The van der Waals surface area contributed by atoms with E-state index in [2.05, 4.69) is 5.32 Å². The Bertz CT molecular complexity index is 226. The first-order chi connectivity index (χ1) is 6.99. The third kappa shape index (κ3) is 6.64. The molecule has 0 rings (SSSR count). The monoisotopic (exact) mass is 251 g/mol. The van der Waals surface area contributed by atoms with Crippen LogP contribution in [0.1, 0.15) is 6.92 Å². The molecular weight excluding hydrogens is 234 g/mol. The van der Waals surface area contributed by atoms with Crippen molar-refractivity contribution in [3.63, 3.8) is 0 Å². The summed E-state index contributed by atoms with van der Waals surface area (Å²) >= 11 is 0. The van der Waals surface area contributed by atoms with Crippen molar-refractivity contribution in [2.45, 2.75) is 13.0 Å². The first kappa shape index (κ1) is 14.6. The molecule has 88 valence electrons. The second-order valence-electron chi connectivity index (χ2n) is 3.12. The van der Waals surface area contributed by atoms with Gasteiger partial charge in [0.25, 0.3) is 0 Å². The summed E-state index contributed by atoms with van der Waals surface area (Å²) in [6.07, 6.45) is 0. The van der Waals surface area contributed by atoms with Crippen LogP contribution in [0.25, 0.3) is 0 Å². The number of rotatable bonds is 8. The lowest BCUT2D eigenvalue weighted by Gasteiger charge is -2.11. The molecule has 5 N–H and O–H groups in total. The van der Waals surface area contributed by atoms with Gasteiger partial charge < -0.3 is 16.8 Å². The van der Waals surface area contributed by atoms with Gasteiger partial charge in [-0.1, -0.05) is 28.5 Å². The molecule has 0 heterocycles. The molecule has 0 aromatic carbocycles. The van der Waals surface area contributed by atoms with Crippen LogP contribution in [0.15, 0.2) is 0 Å². The lowest BCUT2D eigenvalue weighted by atomic mass is 10.2. The molecule has 0 aromatic heterocycles. The van der Waals surface area contributed by atoms with Gasteiger partial charge in [0.1, 0.15) is 0 Å². The van der Waals surface area contributed by atoms with E-state index in [-0.39, 0.29) is 23.8 Å². The van der Waals surface area contributed by atoms with Crippen molar-refractivity contribution in [2.24, 2.45) is 17.4 Å². The maximum Gasteiger partial charge on any atom is 0.235 e. The number of nitrogens with one attached hydrogen (secondary N) is 1. The van der Waals surface area contributed by atoms with Gasteiger partial charge in [-0.25, -0.2) is 0 Å².